The molecule has 0 aliphatic carbocycles. The molecule has 0 radical (unpaired) electrons. The highest BCUT2D eigenvalue weighted by Crippen LogP contribution is 2.40. The van der Waals surface area contributed by atoms with Crippen LogP contribution in [0.3, 0.4) is 0 Å². The summed E-state index contributed by atoms with van der Waals surface area (Å²) < 4.78 is 5.59. The fraction of sp³-hybridized carbons (Fsp3) is 0.286. The number of hydrogen-bond donors (Lipinski definition) is 1. The van der Waals surface area contributed by atoms with Gasteiger partial charge in [0.15, 0.2) is 0 Å². The molecule has 4 nitrogen and oxygen atoms in total. The molecule has 2 aromatic rings. The minimum atomic E-state index is -0.635. The van der Waals surface area contributed by atoms with Crippen molar-refractivity contribution in [2.45, 2.75) is 18.4 Å². The zero-order valence-corrected chi connectivity index (χ0v) is 9.86. The number of aliphatic hydroxyl groups is 1. The lowest BCUT2D eigenvalue weighted by Gasteiger charge is -2.29. The van der Waals surface area contributed by atoms with Crippen LogP contribution in [0.4, 0.5) is 0 Å². The Balaban J connectivity index is 1.94. The molecule has 2 unspecified atom stereocenters. The molecule has 0 bridgehead atoms. The van der Waals surface area contributed by atoms with Crippen molar-refractivity contribution in [2.75, 3.05) is 6.61 Å². The lowest BCUT2D eigenvalue weighted by molar-refractivity contribution is 0.113. The van der Waals surface area contributed by atoms with Crippen molar-refractivity contribution in [2.24, 2.45) is 0 Å². The van der Waals surface area contributed by atoms with Crippen LogP contribution in [0, 0.1) is 0 Å². The standard InChI is InChI=1S/C14H14N2O2/c17-14(12-9-15-6-7-16-12)11-5-8-18-13-4-2-1-3-10(11)13/h1-4,6-7,9,11,14,17H,5,8H2. The summed E-state index contributed by atoms with van der Waals surface area (Å²) >= 11 is 0. The Morgan fingerprint density at radius 2 is 2.17 bits per heavy atom. The molecule has 1 aromatic carbocycles. The summed E-state index contributed by atoms with van der Waals surface area (Å²) in [6.45, 7) is 0.624. The van der Waals surface area contributed by atoms with E-state index in [2.05, 4.69) is 9.97 Å². The quantitative estimate of drug-likeness (QED) is 0.876. The monoisotopic (exact) mass is 242 g/mol. The Kier molecular flexibility index (Phi) is 2.94. The second-order valence-electron chi connectivity index (χ2n) is 4.36. The van der Waals surface area contributed by atoms with Gasteiger partial charge in [-0.3, -0.25) is 9.97 Å². The number of aromatic nitrogens is 2. The van der Waals surface area contributed by atoms with Crippen LogP contribution in [-0.4, -0.2) is 21.7 Å². The summed E-state index contributed by atoms with van der Waals surface area (Å²) in [5, 5.41) is 10.4. The number of nitrogens with zero attached hydrogens (tertiary/aromatic N) is 2. The molecule has 18 heavy (non-hydrogen) atoms. The van der Waals surface area contributed by atoms with E-state index in [9.17, 15) is 5.11 Å². The molecule has 2 atom stereocenters. The third kappa shape index (κ3) is 1.95. The minimum absolute atomic E-state index is 0.0200. The molecule has 4 heteroatoms. The number of rotatable bonds is 2. The first kappa shape index (κ1) is 11.2. The summed E-state index contributed by atoms with van der Waals surface area (Å²) in [5.41, 5.74) is 1.65. The third-order valence-electron chi connectivity index (χ3n) is 3.27. The normalized spacial score (nSPS) is 19.7. The predicted octanol–water partition coefficient (Wildman–Crippen LogP) is 2.08. The number of aliphatic hydroxyl groups excluding tert-OH is 1. The molecule has 2 heterocycles. The Morgan fingerprint density at radius 1 is 1.28 bits per heavy atom. The SMILES string of the molecule is OC(c1cnccn1)C1CCOc2ccccc21. The molecule has 0 spiro atoms. The van der Waals surface area contributed by atoms with Crippen molar-refractivity contribution >= 4 is 0 Å². The van der Waals surface area contributed by atoms with E-state index in [1.165, 1.54) is 0 Å². The van der Waals surface area contributed by atoms with E-state index < -0.39 is 6.10 Å². The van der Waals surface area contributed by atoms with Crippen molar-refractivity contribution < 1.29 is 9.84 Å². The average Bonchev–Trinajstić information content (AvgIpc) is 2.47. The van der Waals surface area contributed by atoms with Gasteiger partial charge in [-0.25, -0.2) is 0 Å². The Morgan fingerprint density at radius 3 is 3.00 bits per heavy atom. The fourth-order valence-corrected chi connectivity index (χ4v) is 2.37. The van der Waals surface area contributed by atoms with Crippen molar-refractivity contribution in [1.29, 1.82) is 0 Å². The number of para-hydroxylation sites is 1. The highest BCUT2D eigenvalue weighted by molar-refractivity contribution is 5.39. The van der Waals surface area contributed by atoms with Gasteiger partial charge in [0.1, 0.15) is 11.9 Å². The van der Waals surface area contributed by atoms with Gasteiger partial charge in [-0.05, 0) is 12.5 Å². The highest BCUT2D eigenvalue weighted by Gasteiger charge is 2.29. The van der Waals surface area contributed by atoms with Crippen LogP contribution in [-0.2, 0) is 0 Å². The van der Waals surface area contributed by atoms with Gasteiger partial charge in [-0.2, -0.15) is 0 Å². The van der Waals surface area contributed by atoms with Gasteiger partial charge >= 0.3 is 0 Å². The molecule has 1 aliphatic heterocycles. The summed E-state index contributed by atoms with van der Waals surface area (Å²) in [7, 11) is 0. The average molecular weight is 242 g/mol. The van der Waals surface area contributed by atoms with E-state index in [0.717, 1.165) is 17.7 Å². The summed E-state index contributed by atoms with van der Waals surface area (Å²) in [6, 6.07) is 7.84. The van der Waals surface area contributed by atoms with Crippen LogP contribution in [0.25, 0.3) is 0 Å². The number of ether oxygens (including phenoxy) is 1. The first-order valence-electron chi connectivity index (χ1n) is 6.02. The summed E-state index contributed by atoms with van der Waals surface area (Å²) in [4.78, 5) is 8.18. The lowest BCUT2D eigenvalue weighted by atomic mass is 9.87. The second-order valence-corrected chi connectivity index (χ2v) is 4.36. The maximum absolute atomic E-state index is 10.4. The van der Waals surface area contributed by atoms with E-state index in [1.54, 1.807) is 18.6 Å². The van der Waals surface area contributed by atoms with Gasteiger partial charge in [-0.15, -0.1) is 0 Å². The Hall–Kier alpha value is -1.94. The van der Waals surface area contributed by atoms with Gasteiger partial charge < -0.3 is 9.84 Å². The van der Waals surface area contributed by atoms with Crippen LogP contribution in [0.5, 0.6) is 5.75 Å². The molecular formula is C14H14N2O2. The van der Waals surface area contributed by atoms with Crippen LogP contribution in [0.1, 0.15) is 29.7 Å². The largest absolute Gasteiger partial charge is 0.493 e. The molecule has 1 aromatic heterocycles. The molecule has 1 N–H and O–H groups in total. The van der Waals surface area contributed by atoms with E-state index in [1.807, 2.05) is 24.3 Å². The van der Waals surface area contributed by atoms with Gasteiger partial charge in [-0.1, -0.05) is 18.2 Å². The fourth-order valence-electron chi connectivity index (χ4n) is 2.37. The number of hydrogen-bond acceptors (Lipinski definition) is 4. The van der Waals surface area contributed by atoms with Crippen LogP contribution < -0.4 is 4.74 Å². The Bertz CT molecular complexity index is 530. The maximum atomic E-state index is 10.4. The van der Waals surface area contributed by atoms with Gasteiger partial charge in [0.05, 0.1) is 18.5 Å². The summed E-state index contributed by atoms with van der Waals surface area (Å²) in [6.07, 6.45) is 4.97. The number of fused-ring (bicyclic) bond motifs is 1. The molecule has 0 fully saturated rings. The zero-order valence-electron chi connectivity index (χ0n) is 9.86. The van der Waals surface area contributed by atoms with Crippen LogP contribution >= 0.6 is 0 Å². The summed E-state index contributed by atoms with van der Waals surface area (Å²) in [5.74, 6) is 0.878. The second kappa shape index (κ2) is 4.74. The molecule has 0 amide bonds. The lowest BCUT2D eigenvalue weighted by Crippen LogP contribution is -2.20. The van der Waals surface area contributed by atoms with Gasteiger partial charge in [0, 0.05) is 23.9 Å². The van der Waals surface area contributed by atoms with Crippen molar-refractivity contribution in [3.05, 3.63) is 54.1 Å². The third-order valence-corrected chi connectivity index (χ3v) is 3.27. The smallest absolute Gasteiger partial charge is 0.122 e. The Labute approximate surface area is 105 Å². The van der Waals surface area contributed by atoms with E-state index in [0.29, 0.717) is 12.3 Å². The molecular weight excluding hydrogens is 228 g/mol. The first-order chi connectivity index (χ1) is 8.86. The highest BCUT2D eigenvalue weighted by atomic mass is 16.5. The minimum Gasteiger partial charge on any atom is -0.493 e. The van der Waals surface area contributed by atoms with Gasteiger partial charge in [0.2, 0.25) is 0 Å². The van der Waals surface area contributed by atoms with E-state index in [4.69, 9.17) is 4.74 Å². The topological polar surface area (TPSA) is 55.2 Å². The first-order valence-corrected chi connectivity index (χ1v) is 6.02. The predicted molar refractivity (Wildman–Crippen MR) is 66.3 cm³/mol. The van der Waals surface area contributed by atoms with Gasteiger partial charge in [0.25, 0.3) is 0 Å². The maximum Gasteiger partial charge on any atom is 0.122 e. The van der Waals surface area contributed by atoms with Crippen LogP contribution in [0.2, 0.25) is 0 Å². The number of benzene rings is 1. The molecule has 92 valence electrons. The van der Waals surface area contributed by atoms with Crippen molar-refractivity contribution in [3.8, 4) is 5.75 Å². The van der Waals surface area contributed by atoms with Crippen LogP contribution in [0.15, 0.2) is 42.9 Å². The van der Waals surface area contributed by atoms with E-state index >= 15 is 0 Å². The zero-order chi connectivity index (χ0) is 12.4. The van der Waals surface area contributed by atoms with Crippen molar-refractivity contribution in [3.63, 3.8) is 0 Å². The van der Waals surface area contributed by atoms with Crippen molar-refractivity contribution in [1.82, 2.24) is 9.97 Å². The van der Waals surface area contributed by atoms with E-state index in [-0.39, 0.29) is 5.92 Å². The molecule has 0 saturated carbocycles. The molecule has 1 aliphatic rings. The molecule has 3 rings (SSSR count). The molecule has 0 saturated heterocycles.